The van der Waals surface area contributed by atoms with E-state index in [0.717, 1.165) is 13.0 Å². The summed E-state index contributed by atoms with van der Waals surface area (Å²) in [6.45, 7) is 6.49. The van der Waals surface area contributed by atoms with E-state index in [9.17, 15) is 5.11 Å². The highest BCUT2D eigenvalue weighted by Crippen LogP contribution is 2.19. The molecule has 1 heterocycles. The molecule has 3 unspecified atom stereocenters. The maximum atomic E-state index is 9.92. The molecule has 1 aromatic rings. The lowest BCUT2D eigenvalue weighted by Gasteiger charge is -2.27. The zero-order valence-electron chi connectivity index (χ0n) is 11.8. The van der Waals surface area contributed by atoms with Gasteiger partial charge >= 0.3 is 0 Å². The fourth-order valence-electron chi connectivity index (χ4n) is 2.01. The average molecular weight is 265 g/mol. The van der Waals surface area contributed by atoms with Crippen molar-refractivity contribution in [2.45, 2.75) is 51.4 Å². The van der Waals surface area contributed by atoms with Crippen molar-refractivity contribution in [1.29, 1.82) is 0 Å². The van der Waals surface area contributed by atoms with Crippen molar-refractivity contribution < 1.29 is 14.6 Å². The minimum Gasteiger partial charge on any atom is -0.371 e. The number of aliphatic hydroxyl groups excluding tert-OH is 1. The molecule has 0 aliphatic carbocycles. The second-order valence-electron chi connectivity index (χ2n) is 5.92. The topological polar surface area (TPSA) is 54.0 Å². The molecule has 1 saturated heterocycles. The van der Waals surface area contributed by atoms with Gasteiger partial charge < -0.3 is 14.6 Å². The van der Waals surface area contributed by atoms with Gasteiger partial charge in [0.2, 0.25) is 6.41 Å². The fraction of sp³-hybridized carbons (Fsp3) is 0.600. The second-order valence-corrected chi connectivity index (χ2v) is 5.92. The lowest BCUT2D eigenvalue weighted by molar-refractivity contribution is -0.186. The molecule has 0 aromatic heterocycles. The molecule has 2 rings (SSSR count). The zero-order chi connectivity index (χ0) is 13.9. The summed E-state index contributed by atoms with van der Waals surface area (Å²) in [5, 5.41) is 13.0. The number of aliphatic hydroxyl groups is 1. The van der Waals surface area contributed by atoms with E-state index in [1.54, 1.807) is 0 Å². The Balaban J connectivity index is 1.90. The van der Waals surface area contributed by atoms with Crippen LogP contribution in [0.25, 0.3) is 0 Å². The van der Waals surface area contributed by atoms with E-state index in [-0.39, 0.29) is 17.7 Å². The van der Waals surface area contributed by atoms with Gasteiger partial charge in [0.05, 0.1) is 18.3 Å². The Morgan fingerprint density at radius 3 is 2.53 bits per heavy atom. The summed E-state index contributed by atoms with van der Waals surface area (Å²) in [5.41, 5.74) is 0.840. The molecule has 1 aliphatic rings. The van der Waals surface area contributed by atoms with Crippen molar-refractivity contribution >= 4 is 0 Å². The van der Waals surface area contributed by atoms with Crippen LogP contribution in [0.4, 0.5) is 0 Å². The molecule has 0 bridgehead atoms. The molecule has 0 saturated carbocycles. The number of ether oxygens (including phenoxy) is 2. The van der Waals surface area contributed by atoms with Gasteiger partial charge in [-0.25, -0.2) is 0 Å². The minimum absolute atomic E-state index is 0.0692. The summed E-state index contributed by atoms with van der Waals surface area (Å²) < 4.78 is 10.8. The van der Waals surface area contributed by atoms with Crippen LogP contribution in [0.2, 0.25) is 0 Å². The first-order chi connectivity index (χ1) is 8.94. The lowest BCUT2D eigenvalue weighted by atomic mass is 10.0. The Bertz CT molecular complexity index is 384. The molecule has 3 atom stereocenters. The molecule has 4 heteroatoms. The smallest absolute Gasteiger partial charge is 0.214 e. The van der Waals surface area contributed by atoms with Crippen molar-refractivity contribution in [2.24, 2.45) is 0 Å². The van der Waals surface area contributed by atoms with Gasteiger partial charge in [0.1, 0.15) is 0 Å². The largest absolute Gasteiger partial charge is 0.371 e. The highest BCUT2D eigenvalue weighted by Gasteiger charge is 2.34. The van der Waals surface area contributed by atoms with E-state index < -0.39 is 6.41 Å². The van der Waals surface area contributed by atoms with Crippen LogP contribution in [-0.4, -0.2) is 35.9 Å². The van der Waals surface area contributed by atoms with Gasteiger partial charge in [-0.15, -0.1) is 0 Å². The van der Waals surface area contributed by atoms with Gasteiger partial charge in [-0.2, -0.15) is 0 Å². The van der Waals surface area contributed by atoms with Gasteiger partial charge in [0, 0.05) is 6.04 Å². The Morgan fingerprint density at radius 2 is 2.00 bits per heavy atom. The maximum absolute atomic E-state index is 9.92. The van der Waals surface area contributed by atoms with Crippen LogP contribution in [-0.2, 0) is 15.9 Å². The van der Waals surface area contributed by atoms with Crippen molar-refractivity contribution in [3.8, 4) is 0 Å². The summed E-state index contributed by atoms with van der Waals surface area (Å²) in [4.78, 5) is 0. The lowest BCUT2D eigenvalue weighted by Crippen LogP contribution is -2.47. The third-order valence-electron chi connectivity index (χ3n) is 2.93. The highest BCUT2D eigenvalue weighted by atomic mass is 16.6. The first-order valence-corrected chi connectivity index (χ1v) is 6.71. The van der Waals surface area contributed by atoms with E-state index in [2.05, 4.69) is 17.4 Å². The number of nitrogens with one attached hydrogen (secondary N) is 1. The zero-order valence-corrected chi connectivity index (χ0v) is 11.8. The molecule has 106 valence electrons. The number of hydrogen-bond donors (Lipinski definition) is 2. The number of benzene rings is 1. The summed E-state index contributed by atoms with van der Waals surface area (Å²) in [5.74, 6) is 0. The number of rotatable bonds is 6. The van der Waals surface area contributed by atoms with Crippen LogP contribution < -0.4 is 5.32 Å². The summed E-state index contributed by atoms with van der Waals surface area (Å²) in [7, 11) is 0. The van der Waals surface area contributed by atoms with Crippen molar-refractivity contribution in [3.05, 3.63) is 35.9 Å². The summed E-state index contributed by atoms with van der Waals surface area (Å²) >= 11 is 0. The van der Waals surface area contributed by atoms with Gasteiger partial charge in [-0.3, -0.25) is 5.32 Å². The van der Waals surface area contributed by atoms with E-state index in [4.69, 9.17) is 9.47 Å². The van der Waals surface area contributed by atoms with Crippen LogP contribution in [0, 0.1) is 0 Å². The van der Waals surface area contributed by atoms with E-state index in [0.29, 0.717) is 0 Å². The van der Waals surface area contributed by atoms with Crippen LogP contribution >= 0.6 is 0 Å². The summed E-state index contributed by atoms with van der Waals surface area (Å²) in [6.07, 6.45) is 0.00660. The molecule has 1 aliphatic heterocycles. The van der Waals surface area contributed by atoms with E-state index >= 15 is 0 Å². The molecule has 0 amide bonds. The molecule has 2 N–H and O–H groups in total. The Labute approximate surface area is 114 Å². The third-order valence-corrected chi connectivity index (χ3v) is 2.93. The Morgan fingerprint density at radius 1 is 1.37 bits per heavy atom. The molecular formula is C15H23NO3. The van der Waals surface area contributed by atoms with Crippen molar-refractivity contribution in [1.82, 2.24) is 5.32 Å². The van der Waals surface area contributed by atoms with Crippen LogP contribution in [0.5, 0.6) is 0 Å². The quantitative estimate of drug-likeness (QED) is 0.607. The van der Waals surface area contributed by atoms with Crippen LogP contribution in [0.3, 0.4) is 0 Å². The standard InChI is InChI=1S/C15H23NO3/c1-15(2,3)19-14(17)16-12(13-10-18-13)9-11-7-5-4-6-8-11/h4-8,12-14,16-17H,9-10H2,1-3H3. The minimum atomic E-state index is -0.974. The maximum Gasteiger partial charge on any atom is 0.214 e. The molecule has 1 fully saturated rings. The van der Waals surface area contributed by atoms with Crippen molar-refractivity contribution in [2.75, 3.05) is 6.61 Å². The SMILES string of the molecule is CC(C)(C)OC(O)NC(Cc1ccccc1)C1CO1. The van der Waals surface area contributed by atoms with Crippen LogP contribution in [0.1, 0.15) is 26.3 Å². The second kappa shape index (κ2) is 6.01. The average Bonchev–Trinajstić information content (AvgIpc) is 3.10. The Kier molecular flexibility index (Phi) is 4.58. The molecule has 4 nitrogen and oxygen atoms in total. The monoisotopic (exact) mass is 265 g/mol. The molecule has 19 heavy (non-hydrogen) atoms. The number of epoxide rings is 1. The van der Waals surface area contributed by atoms with Gasteiger partial charge in [0.15, 0.2) is 0 Å². The first-order valence-electron chi connectivity index (χ1n) is 6.71. The van der Waals surface area contributed by atoms with Gasteiger partial charge in [0.25, 0.3) is 0 Å². The molecular weight excluding hydrogens is 242 g/mol. The fourth-order valence-corrected chi connectivity index (χ4v) is 2.01. The molecule has 0 spiro atoms. The van der Waals surface area contributed by atoms with Crippen molar-refractivity contribution in [3.63, 3.8) is 0 Å². The molecule has 1 aromatic carbocycles. The van der Waals surface area contributed by atoms with Gasteiger partial charge in [-0.05, 0) is 32.8 Å². The third kappa shape index (κ3) is 5.28. The molecule has 0 radical (unpaired) electrons. The van der Waals surface area contributed by atoms with Crippen LogP contribution in [0.15, 0.2) is 30.3 Å². The predicted molar refractivity (Wildman–Crippen MR) is 73.7 cm³/mol. The first kappa shape index (κ1) is 14.5. The normalized spacial score (nSPS) is 22.0. The van der Waals surface area contributed by atoms with E-state index in [1.807, 2.05) is 39.0 Å². The van der Waals surface area contributed by atoms with Gasteiger partial charge in [-0.1, -0.05) is 30.3 Å². The predicted octanol–water partition coefficient (Wildman–Crippen LogP) is 1.68. The summed E-state index contributed by atoms with van der Waals surface area (Å²) in [6, 6.07) is 10.3. The van der Waals surface area contributed by atoms with E-state index in [1.165, 1.54) is 5.56 Å². The number of hydrogen-bond acceptors (Lipinski definition) is 4. The highest BCUT2D eigenvalue weighted by molar-refractivity contribution is 5.16. The Hall–Kier alpha value is -0.940.